The van der Waals surface area contributed by atoms with Crippen LogP contribution < -0.4 is 0 Å². The van der Waals surface area contributed by atoms with Crippen molar-refractivity contribution in [2.75, 3.05) is 13.1 Å². The second-order valence-electron chi connectivity index (χ2n) is 6.96. The maximum Gasteiger partial charge on any atom is 0.304 e. The van der Waals surface area contributed by atoms with Gasteiger partial charge in [-0.1, -0.05) is 26.8 Å². The Balaban J connectivity index is 1.95. The summed E-state index contributed by atoms with van der Waals surface area (Å²) in [7, 11) is 0. The van der Waals surface area contributed by atoms with E-state index in [4.69, 9.17) is 0 Å². The minimum Gasteiger partial charge on any atom is -0.299 e. The highest BCUT2D eigenvalue weighted by Crippen LogP contribution is 2.34. The van der Waals surface area contributed by atoms with Crippen molar-refractivity contribution < 1.29 is 9.31 Å². The highest BCUT2D eigenvalue weighted by molar-refractivity contribution is 5.34. The van der Waals surface area contributed by atoms with Gasteiger partial charge in [-0.05, 0) is 48.9 Å². The van der Waals surface area contributed by atoms with Crippen LogP contribution in [0, 0.1) is 27.3 Å². The quantitative estimate of drug-likeness (QED) is 0.625. The van der Waals surface area contributed by atoms with Crippen molar-refractivity contribution in [3.63, 3.8) is 0 Å². The summed E-state index contributed by atoms with van der Waals surface area (Å²) in [6, 6.07) is 4.19. The van der Waals surface area contributed by atoms with Gasteiger partial charge < -0.3 is 0 Å². The van der Waals surface area contributed by atoms with Crippen LogP contribution in [0.5, 0.6) is 0 Å². The Morgan fingerprint density at radius 2 is 1.95 bits per heavy atom. The molecule has 0 N–H and O–H groups in total. The lowest BCUT2D eigenvalue weighted by Crippen LogP contribution is -2.37. The molecule has 21 heavy (non-hydrogen) atoms. The highest BCUT2D eigenvalue weighted by atomic mass is 19.1. The van der Waals surface area contributed by atoms with Gasteiger partial charge >= 0.3 is 5.69 Å². The van der Waals surface area contributed by atoms with Crippen LogP contribution in [-0.4, -0.2) is 22.9 Å². The summed E-state index contributed by atoms with van der Waals surface area (Å²) in [5.41, 5.74) is 0.684. The van der Waals surface area contributed by atoms with Crippen LogP contribution in [0.2, 0.25) is 0 Å². The van der Waals surface area contributed by atoms with E-state index in [1.54, 1.807) is 6.07 Å². The minimum atomic E-state index is -0.748. The summed E-state index contributed by atoms with van der Waals surface area (Å²) in [6.07, 6.45) is 2.30. The standard InChI is InChI=1S/C16H23FN2O2/c1-16(2,3)13-6-8-18(9-7-13)11-12-4-5-15(19(20)21)14(17)10-12/h4-5,10,13H,6-9,11H2,1-3H3. The Morgan fingerprint density at radius 1 is 1.33 bits per heavy atom. The molecule has 0 saturated carbocycles. The summed E-state index contributed by atoms with van der Waals surface area (Å²) in [5, 5.41) is 10.6. The molecule has 1 aromatic rings. The van der Waals surface area contributed by atoms with Crippen molar-refractivity contribution in [3.05, 3.63) is 39.7 Å². The second kappa shape index (κ2) is 6.10. The molecule has 4 nitrogen and oxygen atoms in total. The normalized spacial score (nSPS) is 17.9. The van der Waals surface area contributed by atoms with Crippen molar-refractivity contribution in [1.29, 1.82) is 0 Å². The summed E-state index contributed by atoms with van der Waals surface area (Å²) in [5.74, 6) is -0.0237. The van der Waals surface area contributed by atoms with Crippen LogP contribution in [0.15, 0.2) is 18.2 Å². The molecule has 0 unspecified atom stereocenters. The maximum absolute atomic E-state index is 13.6. The Morgan fingerprint density at radius 3 is 2.43 bits per heavy atom. The van der Waals surface area contributed by atoms with Crippen molar-refractivity contribution in [2.45, 2.75) is 40.2 Å². The van der Waals surface area contributed by atoms with Gasteiger partial charge in [0.25, 0.3) is 0 Å². The molecule has 1 aliphatic heterocycles. The summed E-state index contributed by atoms with van der Waals surface area (Å²) >= 11 is 0. The first-order valence-electron chi connectivity index (χ1n) is 7.42. The monoisotopic (exact) mass is 294 g/mol. The van der Waals surface area contributed by atoms with E-state index in [0.29, 0.717) is 12.0 Å². The first-order chi connectivity index (χ1) is 9.77. The average Bonchev–Trinajstić information content (AvgIpc) is 2.38. The van der Waals surface area contributed by atoms with Crippen molar-refractivity contribution in [3.8, 4) is 0 Å². The first-order valence-corrected chi connectivity index (χ1v) is 7.42. The number of likely N-dealkylation sites (tertiary alicyclic amines) is 1. The number of halogens is 1. The predicted octanol–water partition coefficient (Wildman–Crippen LogP) is 3.99. The van der Waals surface area contributed by atoms with E-state index in [-0.39, 0.29) is 0 Å². The zero-order chi connectivity index (χ0) is 15.6. The molecular formula is C16H23FN2O2. The Hall–Kier alpha value is -1.49. The Kier molecular flexibility index (Phi) is 4.61. The van der Waals surface area contributed by atoms with E-state index in [0.717, 1.165) is 37.4 Å². The second-order valence-corrected chi connectivity index (χ2v) is 6.96. The van der Waals surface area contributed by atoms with Crippen LogP contribution in [0.3, 0.4) is 0 Å². The number of piperidine rings is 1. The topological polar surface area (TPSA) is 46.4 Å². The lowest BCUT2D eigenvalue weighted by Gasteiger charge is -2.38. The fourth-order valence-corrected chi connectivity index (χ4v) is 3.01. The van der Waals surface area contributed by atoms with Gasteiger partial charge in [0.1, 0.15) is 0 Å². The smallest absolute Gasteiger partial charge is 0.299 e. The van der Waals surface area contributed by atoms with Crippen LogP contribution in [0.1, 0.15) is 39.2 Å². The average molecular weight is 294 g/mol. The van der Waals surface area contributed by atoms with Crippen LogP contribution in [0.4, 0.5) is 10.1 Å². The number of benzene rings is 1. The summed E-state index contributed by atoms with van der Waals surface area (Å²) in [4.78, 5) is 12.2. The minimum absolute atomic E-state index is 0.339. The molecule has 0 aliphatic carbocycles. The number of rotatable bonds is 3. The lowest BCUT2D eigenvalue weighted by molar-refractivity contribution is -0.387. The SMILES string of the molecule is CC(C)(C)C1CCN(Cc2ccc([N+](=O)[O-])c(F)c2)CC1. The van der Waals surface area contributed by atoms with E-state index in [2.05, 4.69) is 25.7 Å². The van der Waals surface area contributed by atoms with Crippen LogP contribution in [0.25, 0.3) is 0 Å². The molecule has 1 aliphatic rings. The molecule has 0 atom stereocenters. The zero-order valence-electron chi connectivity index (χ0n) is 12.9. The molecule has 0 bridgehead atoms. The van der Waals surface area contributed by atoms with E-state index < -0.39 is 16.4 Å². The van der Waals surface area contributed by atoms with Gasteiger partial charge in [-0.3, -0.25) is 15.0 Å². The van der Waals surface area contributed by atoms with E-state index in [1.165, 1.54) is 12.1 Å². The third-order valence-electron chi connectivity index (χ3n) is 4.43. The van der Waals surface area contributed by atoms with Gasteiger partial charge in [-0.2, -0.15) is 4.39 Å². The molecule has 0 aromatic heterocycles. The number of hydrogen-bond donors (Lipinski definition) is 0. The molecule has 2 rings (SSSR count). The van der Waals surface area contributed by atoms with Gasteiger partial charge in [0.2, 0.25) is 5.82 Å². The zero-order valence-corrected chi connectivity index (χ0v) is 12.9. The number of nitrogens with zero attached hydrogens (tertiary/aromatic N) is 2. The van der Waals surface area contributed by atoms with Crippen LogP contribution in [-0.2, 0) is 6.54 Å². The van der Waals surface area contributed by atoms with Gasteiger partial charge in [0.05, 0.1) is 4.92 Å². The number of nitro benzene ring substituents is 1. The highest BCUT2D eigenvalue weighted by Gasteiger charge is 2.28. The van der Waals surface area contributed by atoms with Gasteiger partial charge in [-0.25, -0.2) is 0 Å². The predicted molar refractivity (Wildman–Crippen MR) is 80.5 cm³/mol. The van der Waals surface area contributed by atoms with E-state index in [1.807, 2.05) is 0 Å². The summed E-state index contributed by atoms with van der Waals surface area (Å²) in [6.45, 7) is 9.49. The fourth-order valence-electron chi connectivity index (χ4n) is 3.01. The van der Waals surface area contributed by atoms with Crippen LogP contribution >= 0.6 is 0 Å². The molecule has 1 heterocycles. The molecule has 1 aromatic carbocycles. The Bertz CT molecular complexity index is 517. The lowest BCUT2D eigenvalue weighted by atomic mass is 9.75. The van der Waals surface area contributed by atoms with Crippen molar-refractivity contribution in [1.82, 2.24) is 4.90 Å². The molecule has 0 radical (unpaired) electrons. The van der Waals surface area contributed by atoms with E-state index in [9.17, 15) is 14.5 Å². The van der Waals surface area contributed by atoms with E-state index >= 15 is 0 Å². The van der Waals surface area contributed by atoms with Gasteiger partial charge in [-0.15, -0.1) is 0 Å². The van der Waals surface area contributed by atoms with Crippen molar-refractivity contribution >= 4 is 5.69 Å². The third kappa shape index (κ3) is 4.00. The largest absolute Gasteiger partial charge is 0.304 e. The Labute approximate surface area is 125 Å². The summed E-state index contributed by atoms with van der Waals surface area (Å²) < 4.78 is 13.6. The van der Waals surface area contributed by atoms with Crippen molar-refractivity contribution in [2.24, 2.45) is 11.3 Å². The molecule has 116 valence electrons. The molecule has 0 amide bonds. The third-order valence-corrected chi connectivity index (χ3v) is 4.43. The fraction of sp³-hybridized carbons (Fsp3) is 0.625. The van der Waals surface area contributed by atoms with Gasteiger partial charge in [0, 0.05) is 12.6 Å². The first kappa shape index (κ1) is 15.9. The number of nitro groups is 1. The maximum atomic E-state index is 13.6. The molecular weight excluding hydrogens is 271 g/mol. The molecule has 5 heteroatoms. The molecule has 1 fully saturated rings. The molecule has 0 spiro atoms. The van der Waals surface area contributed by atoms with Gasteiger partial charge in [0.15, 0.2) is 0 Å². The number of hydrogen-bond acceptors (Lipinski definition) is 3. The molecule has 1 saturated heterocycles.